The summed E-state index contributed by atoms with van der Waals surface area (Å²) in [5.41, 5.74) is 4.46. The van der Waals surface area contributed by atoms with Crippen LogP contribution in [0, 0.1) is 0 Å². The Morgan fingerprint density at radius 1 is 1.14 bits per heavy atom. The number of benzene rings is 1. The van der Waals surface area contributed by atoms with E-state index in [-0.39, 0.29) is 11.2 Å². The number of thiophene rings is 1. The number of fused-ring (bicyclic) bond motifs is 5. The fourth-order valence-electron chi connectivity index (χ4n) is 5.08. The molecule has 2 aliphatic rings. The molecule has 1 saturated heterocycles. The lowest BCUT2D eigenvalue weighted by molar-refractivity contribution is -0.115. The second-order valence-electron chi connectivity index (χ2n) is 9.32. The van der Waals surface area contributed by atoms with Gasteiger partial charge in [-0.1, -0.05) is 11.8 Å². The standard InChI is InChI=1S/C27H29N5O3S2/c1-16(25(33)30-17-7-9-18(34-2)10-8-17)36-27-23-22(28-15-29-27)21-19-5-3-4-6-20(19)24(31-26(21)37-23)32-11-13-35-14-12-32/h7-10,15-16H,3-6,11-14H2,1-2H3,(H,30,33)/t16-/m0/s1. The summed E-state index contributed by atoms with van der Waals surface area (Å²) in [6.07, 6.45) is 6.09. The van der Waals surface area contributed by atoms with Crippen LogP contribution < -0.4 is 15.0 Å². The zero-order valence-corrected chi connectivity index (χ0v) is 22.6. The SMILES string of the molecule is COc1ccc(NC(=O)[C@H](C)Sc2ncnc3c2sc2nc(N4CCOCC4)c4c(c23)CCCC4)cc1. The van der Waals surface area contributed by atoms with Crippen LogP contribution in [0.3, 0.4) is 0 Å². The van der Waals surface area contributed by atoms with Crippen molar-refractivity contribution >= 4 is 60.9 Å². The Morgan fingerprint density at radius 2 is 1.89 bits per heavy atom. The van der Waals surface area contributed by atoms with Crippen LogP contribution in [0.25, 0.3) is 20.4 Å². The Kier molecular flexibility index (Phi) is 6.88. The molecule has 1 atom stereocenters. The molecule has 1 aliphatic carbocycles. The van der Waals surface area contributed by atoms with Crippen molar-refractivity contribution in [3.05, 3.63) is 41.7 Å². The van der Waals surface area contributed by atoms with Gasteiger partial charge in [0.25, 0.3) is 0 Å². The highest BCUT2D eigenvalue weighted by Gasteiger charge is 2.27. The molecule has 0 bridgehead atoms. The highest BCUT2D eigenvalue weighted by molar-refractivity contribution is 8.00. The van der Waals surface area contributed by atoms with Crippen LogP contribution >= 0.6 is 23.1 Å². The molecule has 37 heavy (non-hydrogen) atoms. The van der Waals surface area contributed by atoms with E-state index in [1.54, 1.807) is 24.8 Å². The summed E-state index contributed by atoms with van der Waals surface area (Å²) in [5, 5.41) is 4.65. The zero-order valence-electron chi connectivity index (χ0n) is 21.0. The number of carbonyl (C=O) groups is 1. The highest BCUT2D eigenvalue weighted by Crippen LogP contribution is 2.43. The van der Waals surface area contributed by atoms with Crippen molar-refractivity contribution in [2.45, 2.75) is 42.9 Å². The van der Waals surface area contributed by atoms with Gasteiger partial charge in [0.05, 0.1) is 35.8 Å². The molecule has 0 saturated carbocycles. The van der Waals surface area contributed by atoms with Gasteiger partial charge in [-0.25, -0.2) is 15.0 Å². The van der Waals surface area contributed by atoms with E-state index in [2.05, 4.69) is 15.2 Å². The molecule has 192 valence electrons. The fraction of sp³-hybridized carbons (Fsp3) is 0.407. The minimum atomic E-state index is -0.337. The number of ether oxygens (including phenoxy) is 2. The second-order valence-corrected chi connectivity index (χ2v) is 11.6. The largest absolute Gasteiger partial charge is 0.497 e. The Morgan fingerprint density at radius 3 is 2.65 bits per heavy atom. The molecule has 1 aliphatic heterocycles. The van der Waals surface area contributed by atoms with Gasteiger partial charge in [0.2, 0.25) is 5.91 Å². The molecular formula is C27H29N5O3S2. The van der Waals surface area contributed by atoms with Crippen LogP contribution in [-0.4, -0.2) is 59.5 Å². The van der Waals surface area contributed by atoms with Crippen molar-refractivity contribution in [3.8, 4) is 5.75 Å². The lowest BCUT2D eigenvalue weighted by Crippen LogP contribution is -2.37. The first-order valence-electron chi connectivity index (χ1n) is 12.7. The van der Waals surface area contributed by atoms with Crippen molar-refractivity contribution < 1.29 is 14.3 Å². The van der Waals surface area contributed by atoms with E-state index < -0.39 is 0 Å². The maximum absolute atomic E-state index is 13.0. The van der Waals surface area contributed by atoms with Crippen LogP contribution in [0.5, 0.6) is 5.75 Å². The molecule has 4 aromatic rings. The predicted molar refractivity (Wildman–Crippen MR) is 149 cm³/mol. The van der Waals surface area contributed by atoms with E-state index in [0.29, 0.717) is 0 Å². The normalized spacial score (nSPS) is 16.5. The number of aromatic nitrogens is 3. The van der Waals surface area contributed by atoms with Gasteiger partial charge < -0.3 is 19.7 Å². The average molecular weight is 536 g/mol. The lowest BCUT2D eigenvalue weighted by Gasteiger charge is -2.31. The number of nitrogens with one attached hydrogen (secondary N) is 1. The topological polar surface area (TPSA) is 89.5 Å². The van der Waals surface area contributed by atoms with Gasteiger partial charge in [-0.2, -0.15) is 0 Å². The number of thioether (sulfide) groups is 1. The second kappa shape index (κ2) is 10.4. The van der Waals surface area contributed by atoms with Crippen molar-refractivity contribution in [1.82, 2.24) is 15.0 Å². The molecular weight excluding hydrogens is 506 g/mol. The van der Waals surface area contributed by atoms with Gasteiger partial charge >= 0.3 is 0 Å². The number of morpholine rings is 1. The summed E-state index contributed by atoms with van der Waals surface area (Å²) in [7, 11) is 1.62. The van der Waals surface area contributed by atoms with E-state index in [9.17, 15) is 4.79 Å². The quantitative estimate of drug-likeness (QED) is 0.270. The molecule has 10 heteroatoms. The summed E-state index contributed by atoms with van der Waals surface area (Å²) in [5.74, 6) is 1.79. The first kappa shape index (κ1) is 24.4. The number of anilines is 2. The highest BCUT2D eigenvalue weighted by atomic mass is 32.2. The molecule has 8 nitrogen and oxygen atoms in total. The molecule has 4 heterocycles. The van der Waals surface area contributed by atoms with Gasteiger partial charge in [-0.05, 0) is 68.0 Å². The molecule has 3 aromatic heterocycles. The molecule has 1 fully saturated rings. The summed E-state index contributed by atoms with van der Waals surface area (Å²) >= 11 is 3.10. The number of aryl methyl sites for hydroxylation is 1. The molecule has 0 unspecified atom stereocenters. The van der Waals surface area contributed by atoms with Gasteiger partial charge in [-0.3, -0.25) is 4.79 Å². The van der Waals surface area contributed by atoms with E-state index >= 15 is 0 Å². The number of pyridine rings is 1. The van der Waals surface area contributed by atoms with Crippen LogP contribution in [0.15, 0.2) is 35.6 Å². The minimum absolute atomic E-state index is 0.0758. The zero-order chi connectivity index (χ0) is 25.4. The number of nitrogens with zero attached hydrogens (tertiary/aromatic N) is 4. The third-order valence-corrected chi connectivity index (χ3v) is 9.30. The summed E-state index contributed by atoms with van der Waals surface area (Å²) in [6, 6.07) is 7.34. The van der Waals surface area contributed by atoms with Crippen molar-refractivity contribution in [1.29, 1.82) is 0 Å². The molecule has 1 N–H and O–H groups in total. The first-order valence-corrected chi connectivity index (χ1v) is 14.3. The van der Waals surface area contributed by atoms with E-state index in [0.717, 1.165) is 76.5 Å². The average Bonchev–Trinajstić information content (AvgIpc) is 3.33. The van der Waals surface area contributed by atoms with Crippen molar-refractivity contribution in [2.24, 2.45) is 0 Å². The van der Waals surface area contributed by atoms with Crippen LogP contribution in [0.1, 0.15) is 30.9 Å². The maximum atomic E-state index is 13.0. The number of hydrogen-bond acceptors (Lipinski definition) is 9. The minimum Gasteiger partial charge on any atom is -0.497 e. The monoisotopic (exact) mass is 535 g/mol. The Balaban J connectivity index is 1.33. The number of hydrogen-bond donors (Lipinski definition) is 1. The Labute approximate surface area is 223 Å². The fourth-order valence-corrected chi connectivity index (χ4v) is 7.20. The van der Waals surface area contributed by atoms with Crippen LogP contribution in [-0.2, 0) is 22.4 Å². The van der Waals surface area contributed by atoms with Crippen molar-refractivity contribution in [3.63, 3.8) is 0 Å². The first-order chi connectivity index (χ1) is 18.1. The van der Waals surface area contributed by atoms with Gasteiger partial charge in [0, 0.05) is 24.2 Å². The Hall–Kier alpha value is -2.95. The smallest absolute Gasteiger partial charge is 0.237 e. The molecule has 0 spiro atoms. The molecule has 1 amide bonds. The summed E-state index contributed by atoms with van der Waals surface area (Å²) in [6.45, 7) is 5.13. The molecule has 1 aromatic carbocycles. The van der Waals surface area contributed by atoms with E-state index in [1.165, 1.54) is 41.1 Å². The number of rotatable bonds is 6. The summed E-state index contributed by atoms with van der Waals surface area (Å²) in [4.78, 5) is 30.9. The van der Waals surface area contributed by atoms with Crippen molar-refractivity contribution in [2.75, 3.05) is 43.6 Å². The Bertz CT molecular complexity index is 1450. The third-order valence-electron chi connectivity index (χ3n) is 6.99. The van der Waals surface area contributed by atoms with E-state index in [1.807, 2.05) is 31.2 Å². The van der Waals surface area contributed by atoms with Gasteiger partial charge in [0.15, 0.2) is 0 Å². The number of amides is 1. The lowest BCUT2D eigenvalue weighted by atomic mass is 9.90. The molecule has 6 rings (SSSR count). The maximum Gasteiger partial charge on any atom is 0.237 e. The summed E-state index contributed by atoms with van der Waals surface area (Å²) < 4.78 is 11.8. The van der Waals surface area contributed by atoms with Crippen LogP contribution in [0.2, 0.25) is 0 Å². The van der Waals surface area contributed by atoms with Gasteiger partial charge in [-0.15, -0.1) is 11.3 Å². The van der Waals surface area contributed by atoms with Gasteiger partial charge in [0.1, 0.15) is 27.8 Å². The number of methoxy groups -OCH3 is 1. The molecule has 0 radical (unpaired) electrons. The predicted octanol–water partition coefficient (Wildman–Crippen LogP) is 5.08. The van der Waals surface area contributed by atoms with E-state index in [4.69, 9.17) is 19.4 Å². The third kappa shape index (κ3) is 4.73. The number of carbonyl (C=O) groups excluding carboxylic acids is 1. The van der Waals surface area contributed by atoms with Crippen LogP contribution in [0.4, 0.5) is 11.5 Å².